The third-order valence-electron chi connectivity index (χ3n) is 3.17. The molecule has 0 radical (unpaired) electrons. The van der Waals surface area contributed by atoms with Gasteiger partial charge in [-0.2, -0.15) is 0 Å². The first-order valence-electron chi connectivity index (χ1n) is 6.16. The second-order valence-corrected chi connectivity index (χ2v) is 4.76. The lowest BCUT2D eigenvalue weighted by molar-refractivity contribution is 0.297. The third kappa shape index (κ3) is 4.27. The van der Waals surface area contributed by atoms with E-state index in [-0.39, 0.29) is 12.4 Å². The number of aromatic hydroxyl groups is 1. The van der Waals surface area contributed by atoms with E-state index in [0.717, 1.165) is 6.42 Å². The molecule has 0 fully saturated rings. The van der Waals surface area contributed by atoms with Crippen LogP contribution in [0.2, 0.25) is 0 Å². The molecule has 2 aromatic rings. The van der Waals surface area contributed by atoms with Crippen molar-refractivity contribution < 1.29 is 5.11 Å². The molecule has 102 valence electrons. The standard InChI is InChI=1S/C16H19NO.ClH/c1-17(2)16(14-6-4-3-5-7-14)12-13-8-10-15(18)11-9-13;/h3-11,16,18H,12H2,1-2H3;1H. The molecule has 0 aliphatic rings. The Morgan fingerprint density at radius 3 is 2.05 bits per heavy atom. The van der Waals surface area contributed by atoms with Gasteiger partial charge >= 0.3 is 0 Å². The van der Waals surface area contributed by atoms with Gasteiger partial charge in [0.25, 0.3) is 0 Å². The summed E-state index contributed by atoms with van der Waals surface area (Å²) in [5.74, 6) is 0.319. The Kier molecular flexibility index (Phi) is 5.87. The molecule has 0 saturated carbocycles. The minimum absolute atomic E-state index is 0. The largest absolute Gasteiger partial charge is 0.508 e. The van der Waals surface area contributed by atoms with Crippen molar-refractivity contribution in [3.8, 4) is 5.75 Å². The Morgan fingerprint density at radius 1 is 0.947 bits per heavy atom. The monoisotopic (exact) mass is 277 g/mol. The number of halogens is 1. The molecular weight excluding hydrogens is 258 g/mol. The molecule has 0 aromatic heterocycles. The highest BCUT2D eigenvalue weighted by molar-refractivity contribution is 5.85. The fourth-order valence-corrected chi connectivity index (χ4v) is 2.13. The SMILES string of the molecule is CN(C)C(Cc1ccc(O)cc1)c1ccccc1.Cl. The van der Waals surface area contributed by atoms with Crippen LogP contribution in [0.15, 0.2) is 54.6 Å². The van der Waals surface area contributed by atoms with Crippen molar-refractivity contribution in [3.05, 3.63) is 65.7 Å². The van der Waals surface area contributed by atoms with Gasteiger partial charge in [-0.3, -0.25) is 0 Å². The lowest BCUT2D eigenvalue weighted by atomic mass is 9.98. The van der Waals surface area contributed by atoms with E-state index in [1.165, 1.54) is 11.1 Å². The molecule has 0 aliphatic carbocycles. The van der Waals surface area contributed by atoms with Gasteiger partial charge < -0.3 is 10.0 Å². The molecular formula is C16H20ClNO. The first kappa shape index (κ1) is 15.5. The van der Waals surface area contributed by atoms with E-state index in [9.17, 15) is 5.11 Å². The van der Waals surface area contributed by atoms with Crippen LogP contribution < -0.4 is 0 Å². The van der Waals surface area contributed by atoms with Crippen LogP contribution in [0.5, 0.6) is 5.75 Å². The van der Waals surface area contributed by atoms with Crippen LogP contribution in [0.3, 0.4) is 0 Å². The highest BCUT2D eigenvalue weighted by Gasteiger charge is 2.14. The van der Waals surface area contributed by atoms with Gasteiger partial charge in [0.05, 0.1) is 0 Å². The molecule has 1 unspecified atom stereocenters. The molecule has 0 spiro atoms. The summed E-state index contributed by atoms with van der Waals surface area (Å²) < 4.78 is 0. The molecule has 0 amide bonds. The first-order valence-corrected chi connectivity index (χ1v) is 6.16. The van der Waals surface area contributed by atoms with E-state index < -0.39 is 0 Å². The van der Waals surface area contributed by atoms with Gasteiger partial charge in [-0.05, 0) is 43.8 Å². The zero-order valence-corrected chi connectivity index (χ0v) is 12.1. The summed E-state index contributed by atoms with van der Waals surface area (Å²) in [6.07, 6.45) is 0.942. The van der Waals surface area contributed by atoms with E-state index in [1.54, 1.807) is 12.1 Å². The molecule has 1 N–H and O–H groups in total. The second-order valence-electron chi connectivity index (χ2n) is 4.76. The number of phenolic OH excluding ortho intramolecular Hbond substituents is 1. The highest BCUT2D eigenvalue weighted by atomic mass is 35.5. The van der Waals surface area contributed by atoms with E-state index in [2.05, 4.69) is 43.3 Å². The van der Waals surface area contributed by atoms with E-state index in [0.29, 0.717) is 11.8 Å². The Bertz CT molecular complexity index is 482. The van der Waals surface area contributed by atoms with Gasteiger partial charge in [-0.1, -0.05) is 42.5 Å². The molecule has 0 bridgehead atoms. The average molecular weight is 278 g/mol. The molecule has 0 saturated heterocycles. The van der Waals surface area contributed by atoms with Crippen LogP contribution in [0.25, 0.3) is 0 Å². The maximum absolute atomic E-state index is 9.31. The molecule has 1 atom stereocenters. The van der Waals surface area contributed by atoms with Gasteiger partial charge in [-0.25, -0.2) is 0 Å². The number of benzene rings is 2. The van der Waals surface area contributed by atoms with Crippen LogP contribution in [0.4, 0.5) is 0 Å². The number of phenols is 1. The smallest absolute Gasteiger partial charge is 0.115 e. The van der Waals surface area contributed by atoms with Crippen molar-refractivity contribution >= 4 is 12.4 Å². The molecule has 0 heterocycles. The molecule has 2 nitrogen and oxygen atoms in total. The van der Waals surface area contributed by atoms with Crippen LogP contribution >= 0.6 is 12.4 Å². The van der Waals surface area contributed by atoms with Crippen molar-refractivity contribution in [2.24, 2.45) is 0 Å². The number of nitrogens with zero attached hydrogens (tertiary/aromatic N) is 1. The maximum Gasteiger partial charge on any atom is 0.115 e. The Balaban J connectivity index is 0.00000180. The molecule has 0 aliphatic heterocycles. The van der Waals surface area contributed by atoms with Gasteiger partial charge in [0.1, 0.15) is 5.75 Å². The third-order valence-corrected chi connectivity index (χ3v) is 3.17. The number of hydrogen-bond donors (Lipinski definition) is 1. The summed E-state index contributed by atoms with van der Waals surface area (Å²) in [5.41, 5.74) is 2.55. The number of hydrogen-bond acceptors (Lipinski definition) is 2. The van der Waals surface area contributed by atoms with E-state index in [1.807, 2.05) is 18.2 Å². The van der Waals surface area contributed by atoms with Crippen molar-refractivity contribution in [2.45, 2.75) is 12.5 Å². The molecule has 2 rings (SSSR count). The van der Waals surface area contributed by atoms with Gasteiger partial charge in [0, 0.05) is 6.04 Å². The summed E-state index contributed by atoms with van der Waals surface area (Å²) in [6, 6.07) is 18.3. The zero-order chi connectivity index (χ0) is 13.0. The lowest BCUT2D eigenvalue weighted by Crippen LogP contribution is -2.21. The van der Waals surface area contributed by atoms with Gasteiger partial charge in [0.15, 0.2) is 0 Å². The van der Waals surface area contributed by atoms with Crippen LogP contribution in [0, 0.1) is 0 Å². The predicted molar refractivity (Wildman–Crippen MR) is 81.9 cm³/mol. The minimum Gasteiger partial charge on any atom is -0.508 e. The fourth-order valence-electron chi connectivity index (χ4n) is 2.13. The fraction of sp³-hybridized carbons (Fsp3) is 0.250. The normalized spacial score (nSPS) is 11.9. The van der Waals surface area contributed by atoms with E-state index in [4.69, 9.17) is 0 Å². The lowest BCUT2D eigenvalue weighted by Gasteiger charge is -2.25. The first-order chi connectivity index (χ1) is 8.66. The van der Waals surface area contributed by atoms with Crippen LogP contribution in [-0.2, 0) is 6.42 Å². The maximum atomic E-state index is 9.31. The van der Waals surface area contributed by atoms with Crippen LogP contribution in [-0.4, -0.2) is 24.1 Å². The van der Waals surface area contributed by atoms with Crippen molar-refractivity contribution in [3.63, 3.8) is 0 Å². The minimum atomic E-state index is 0. The average Bonchev–Trinajstić information content (AvgIpc) is 2.38. The van der Waals surface area contributed by atoms with Crippen LogP contribution in [0.1, 0.15) is 17.2 Å². The van der Waals surface area contributed by atoms with Gasteiger partial charge in [-0.15, -0.1) is 12.4 Å². The predicted octanol–water partition coefficient (Wildman–Crippen LogP) is 3.66. The Labute approximate surface area is 121 Å². The van der Waals surface area contributed by atoms with Crippen molar-refractivity contribution in [1.82, 2.24) is 4.90 Å². The summed E-state index contributed by atoms with van der Waals surface area (Å²) in [6.45, 7) is 0. The Morgan fingerprint density at radius 2 is 1.53 bits per heavy atom. The van der Waals surface area contributed by atoms with Gasteiger partial charge in [0.2, 0.25) is 0 Å². The summed E-state index contributed by atoms with van der Waals surface area (Å²) in [4.78, 5) is 2.22. The molecule has 3 heteroatoms. The van der Waals surface area contributed by atoms with E-state index >= 15 is 0 Å². The zero-order valence-electron chi connectivity index (χ0n) is 11.3. The number of rotatable bonds is 4. The summed E-state index contributed by atoms with van der Waals surface area (Å²) >= 11 is 0. The molecule has 2 aromatic carbocycles. The topological polar surface area (TPSA) is 23.5 Å². The molecule has 19 heavy (non-hydrogen) atoms. The van der Waals surface area contributed by atoms with Crippen molar-refractivity contribution in [1.29, 1.82) is 0 Å². The second kappa shape index (κ2) is 7.17. The quantitative estimate of drug-likeness (QED) is 0.922. The number of likely N-dealkylation sites (N-methyl/N-ethyl adjacent to an activating group) is 1. The Hall–Kier alpha value is -1.51. The summed E-state index contributed by atoms with van der Waals surface area (Å²) in [7, 11) is 4.19. The highest BCUT2D eigenvalue weighted by Crippen LogP contribution is 2.23. The summed E-state index contributed by atoms with van der Waals surface area (Å²) in [5, 5.41) is 9.31. The van der Waals surface area contributed by atoms with Crippen molar-refractivity contribution in [2.75, 3.05) is 14.1 Å².